The van der Waals surface area contributed by atoms with E-state index in [-0.39, 0.29) is 34.7 Å². The molecule has 0 radical (unpaired) electrons. The molecule has 7 rings (SSSR count). The van der Waals surface area contributed by atoms with Gasteiger partial charge in [0.25, 0.3) is 5.91 Å². The maximum atomic E-state index is 14.4. The van der Waals surface area contributed by atoms with Crippen molar-refractivity contribution in [3.05, 3.63) is 130 Å². The predicted octanol–water partition coefficient (Wildman–Crippen LogP) is 9.25. The van der Waals surface area contributed by atoms with Crippen molar-refractivity contribution in [2.24, 2.45) is 11.0 Å². The first kappa shape index (κ1) is 31.4. The Morgan fingerprint density at radius 2 is 1.58 bits per heavy atom. The Hall–Kier alpha value is -5.19. The standard InChI is InChI=1S/C37H30F5N5O/c1-21(2)23-8-10-24(11-9-23)30-19-32(37(40,41)42)46-33(43-30)20-31(44-46)36(48)47-35(25-12-16-28(39)17-13-25)29-5-3-4-26(34(29)45-47)18-22-6-14-27(38)15-7-22/h6-21,29,35H,3-5H2,1-2H3/b26-18+. The second kappa shape index (κ2) is 12.1. The zero-order valence-corrected chi connectivity index (χ0v) is 26.0. The van der Waals surface area contributed by atoms with E-state index in [0.29, 0.717) is 34.2 Å². The van der Waals surface area contributed by atoms with Gasteiger partial charge in [-0.25, -0.2) is 23.3 Å². The first-order valence-corrected chi connectivity index (χ1v) is 15.7. The van der Waals surface area contributed by atoms with Gasteiger partial charge in [-0.2, -0.15) is 23.4 Å². The SMILES string of the molecule is CC(C)c1ccc(-c2cc(C(F)(F)F)n3nc(C(=O)N4N=C5/C(=C/c6ccc(F)cc6)CCCC5C4c4ccc(F)cc4)cc3n2)cc1. The molecule has 3 aromatic carbocycles. The normalized spacial score (nSPS) is 18.9. The smallest absolute Gasteiger partial charge is 0.265 e. The molecule has 6 nitrogen and oxygen atoms in total. The highest BCUT2D eigenvalue weighted by atomic mass is 19.4. The predicted molar refractivity (Wildman–Crippen MR) is 172 cm³/mol. The van der Waals surface area contributed by atoms with E-state index in [4.69, 9.17) is 5.10 Å². The molecule has 2 atom stereocenters. The van der Waals surface area contributed by atoms with Crippen LogP contribution in [0.4, 0.5) is 22.0 Å². The molecule has 2 aliphatic rings. The fourth-order valence-electron chi connectivity index (χ4n) is 6.51. The average Bonchev–Trinajstić information content (AvgIpc) is 3.68. The number of fused-ring (bicyclic) bond motifs is 2. The summed E-state index contributed by atoms with van der Waals surface area (Å²) < 4.78 is 71.4. The van der Waals surface area contributed by atoms with E-state index < -0.39 is 29.6 Å². The summed E-state index contributed by atoms with van der Waals surface area (Å²) in [5.74, 6) is -1.54. The van der Waals surface area contributed by atoms with Crippen molar-refractivity contribution >= 4 is 23.3 Å². The van der Waals surface area contributed by atoms with E-state index in [1.165, 1.54) is 35.3 Å². The fraction of sp³-hybridized carbons (Fsp3) is 0.243. The molecule has 1 saturated carbocycles. The minimum atomic E-state index is -4.79. The highest BCUT2D eigenvalue weighted by molar-refractivity contribution is 6.09. The summed E-state index contributed by atoms with van der Waals surface area (Å²) in [7, 11) is 0. The van der Waals surface area contributed by atoms with Crippen LogP contribution < -0.4 is 0 Å². The van der Waals surface area contributed by atoms with Crippen LogP contribution in [0.15, 0.2) is 95.6 Å². The molecule has 0 spiro atoms. The third-order valence-electron chi connectivity index (χ3n) is 8.94. The first-order chi connectivity index (χ1) is 23.0. The highest BCUT2D eigenvalue weighted by Gasteiger charge is 2.45. The van der Waals surface area contributed by atoms with E-state index in [1.807, 2.05) is 32.1 Å². The van der Waals surface area contributed by atoms with Crippen molar-refractivity contribution in [3.63, 3.8) is 0 Å². The van der Waals surface area contributed by atoms with Crippen LogP contribution in [0.2, 0.25) is 0 Å². The lowest BCUT2D eigenvalue weighted by Crippen LogP contribution is -2.32. The Morgan fingerprint density at radius 3 is 2.23 bits per heavy atom. The van der Waals surface area contributed by atoms with E-state index in [0.717, 1.165) is 29.2 Å². The molecule has 11 heteroatoms. The Morgan fingerprint density at radius 1 is 0.917 bits per heavy atom. The number of nitrogens with zero attached hydrogens (tertiary/aromatic N) is 5. The van der Waals surface area contributed by atoms with Crippen LogP contribution in [0, 0.1) is 17.6 Å². The second-order valence-electron chi connectivity index (χ2n) is 12.5. The van der Waals surface area contributed by atoms with E-state index in [1.54, 1.807) is 36.4 Å². The van der Waals surface area contributed by atoms with Crippen LogP contribution in [-0.2, 0) is 6.18 Å². The van der Waals surface area contributed by atoms with Gasteiger partial charge in [0.05, 0.1) is 17.4 Å². The quantitative estimate of drug-likeness (QED) is 0.177. The molecule has 1 aliphatic heterocycles. The maximum absolute atomic E-state index is 14.4. The van der Waals surface area contributed by atoms with Crippen LogP contribution in [0.5, 0.6) is 0 Å². The molecule has 5 aromatic rings. The van der Waals surface area contributed by atoms with Gasteiger partial charge in [-0.1, -0.05) is 62.4 Å². The van der Waals surface area contributed by atoms with E-state index in [9.17, 15) is 26.7 Å². The Kier molecular flexibility index (Phi) is 7.93. The zero-order valence-electron chi connectivity index (χ0n) is 26.0. The molecule has 3 heterocycles. The van der Waals surface area contributed by atoms with Crippen molar-refractivity contribution < 1.29 is 26.7 Å². The number of carbonyl (C=O) groups is 1. The molecule has 1 amide bonds. The van der Waals surface area contributed by atoms with Gasteiger partial charge in [-0.05, 0) is 83.9 Å². The van der Waals surface area contributed by atoms with Gasteiger partial charge in [0.1, 0.15) is 11.6 Å². The van der Waals surface area contributed by atoms with E-state index in [2.05, 4.69) is 10.1 Å². The molecule has 0 bridgehead atoms. The van der Waals surface area contributed by atoms with E-state index >= 15 is 0 Å². The van der Waals surface area contributed by atoms with Crippen LogP contribution in [0.25, 0.3) is 23.0 Å². The summed E-state index contributed by atoms with van der Waals surface area (Å²) in [6.45, 7) is 4.05. The highest BCUT2D eigenvalue weighted by Crippen LogP contribution is 2.45. The molecule has 1 fully saturated rings. The fourth-order valence-corrected chi connectivity index (χ4v) is 6.51. The number of hydrogen-bond acceptors (Lipinski definition) is 4. The number of aromatic nitrogens is 3. The summed E-state index contributed by atoms with van der Waals surface area (Å²) in [4.78, 5) is 18.7. The van der Waals surface area contributed by atoms with Crippen molar-refractivity contribution in [1.29, 1.82) is 0 Å². The first-order valence-electron chi connectivity index (χ1n) is 15.7. The molecule has 0 N–H and O–H groups in total. The minimum absolute atomic E-state index is 0.0937. The maximum Gasteiger partial charge on any atom is 0.433 e. The van der Waals surface area contributed by atoms with Crippen molar-refractivity contribution in [1.82, 2.24) is 19.6 Å². The Bertz CT molecular complexity index is 2060. The number of benzene rings is 3. The molecule has 2 unspecified atom stereocenters. The van der Waals surface area contributed by atoms with Crippen molar-refractivity contribution in [2.45, 2.75) is 51.2 Å². The second-order valence-corrected chi connectivity index (χ2v) is 12.5. The van der Waals surface area contributed by atoms with Crippen molar-refractivity contribution in [2.75, 3.05) is 0 Å². The van der Waals surface area contributed by atoms with Crippen LogP contribution >= 0.6 is 0 Å². The number of allylic oxidation sites excluding steroid dienone is 1. The van der Waals surface area contributed by atoms with Gasteiger partial charge in [-0.15, -0.1) is 0 Å². The number of carbonyl (C=O) groups excluding carboxylic acids is 1. The van der Waals surface area contributed by atoms with Gasteiger partial charge < -0.3 is 0 Å². The van der Waals surface area contributed by atoms with Crippen LogP contribution in [0.1, 0.15) is 77.9 Å². The topological polar surface area (TPSA) is 62.9 Å². The largest absolute Gasteiger partial charge is 0.433 e. The number of halogens is 5. The molecule has 0 saturated heterocycles. The molecule has 48 heavy (non-hydrogen) atoms. The monoisotopic (exact) mass is 655 g/mol. The summed E-state index contributed by atoms with van der Waals surface area (Å²) in [6.07, 6.45) is -0.765. The minimum Gasteiger partial charge on any atom is -0.265 e. The van der Waals surface area contributed by atoms with Gasteiger partial charge in [0.15, 0.2) is 17.0 Å². The average molecular weight is 656 g/mol. The molecular formula is C37H30F5N5O. The van der Waals surface area contributed by atoms with Crippen LogP contribution in [0.3, 0.4) is 0 Å². The van der Waals surface area contributed by atoms with Gasteiger partial charge >= 0.3 is 6.18 Å². The molecule has 244 valence electrons. The third kappa shape index (κ3) is 5.89. The van der Waals surface area contributed by atoms with Gasteiger partial charge in [0.2, 0.25) is 0 Å². The Labute approximate surface area is 273 Å². The summed E-state index contributed by atoms with van der Waals surface area (Å²) in [5.41, 5.74) is 3.05. The number of hydrazone groups is 1. The number of amides is 1. The molecular weight excluding hydrogens is 625 g/mol. The molecule has 2 aromatic heterocycles. The number of hydrogen-bond donors (Lipinski definition) is 0. The summed E-state index contributed by atoms with van der Waals surface area (Å²) >= 11 is 0. The summed E-state index contributed by atoms with van der Waals surface area (Å²) in [5, 5.41) is 10.1. The van der Waals surface area contributed by atoms with Gasteiger partial charge in [-0.3, -0.25) is 4.79 Å². The third-order valence-corrected chi connectivity index (χ3v) is 8.94. The Balaban J connectivity index is 1.32. The number of alkyl halides is 3. The lowest BCUT2D eigenvalue weighted by atomic mass is 9.77. The molecule has 1 aliphatic carbocycles. The van der Waals surface area contributed by atoms with Gasteiger partial charge in [0, 0.05) is 17.5 Å². The number of rotatable bonds is 5. The lowest BCUT2D eigenvalue weighted by Gasteiger charge is -2.29. The lowest BCUT2D eigenvalue weighted by molar-refractivity contribution is -0.142. The van der Waals surface area contributed by atoms with Crippen molar-refractivity contribution in [3.8, 4) is 11.3 Å². The van der Waals surface area contributed by atoms with Crippen LogP contribution in [-0.4, -0.2) is 31.2 Å². The zero-order chi connectivity index (χ0) is 33.7. The summed E-state index contributed by atoms with van der Waals surface area (Å²) in [6, 6.07) is 20.5.